The predicted molar refractivity (Wildman–Crippen MR) is 33.9 cm³/mol. The monoisotopic (exact) mass is 162 g/mol. The molecule has 0 atom stereocenters. The van der Waals surface area contributed by atoms with Crippen LogP contribution in [0.25, 0.3) is 0 Å². The lowest BCUT2D eigenvalue weighted by atomic mass is 10.4. The van der Waals surface area contributed by atoms with E-state index in [0.717, 1.165) is 0 Å². The highest BCUT2D eigenvalue weighted by atomic mass is 19.3. The standard InChI is InChI=1S/C6H8F2N2O/c7-5(8)2-4-10-6(11)1-3-9/h5H,1-2,4H2,(H,10,11). The van der Waals surface area contributed by atoms with Crippen LogP contribution in [0.3, 0.4) is 0 Å². The van der Waals surface area contributed by atoms with Crippen molar-refractivity contribution >= 4 is 5.91 Å². The summed E-state index contributed by atoms with van der Waals surface area (Å²) in [4.78, 5) is 10.4. The van der Waals surface area contributed by atoms with Crippen molar-refractivity contribution in [3.05, 3.63) is 0 Å². The maximum Gasteiger partial charge on any atom is 0.240 e. The highest BCUT2D eigenvalue weighted by Crippen LogP contribution is 1.95. The molecule has 0 aliphatic carbocycles. The molecular formula is C6H8F2N2O. The molecule has 0 rings (SSSR count). The van der Waals surface area contributed by atoms with Crippen LogP contribution in [-0.2, 0) is 4.79 Å². The number of hydrogen-bond donors (Lipinski definition) is 1. The van der Waals surface area contributed by atoms with E-state index >= 15 is 0 Å². The molecule has 0 aliphatic rings. The minimum Gasteiger partial charge on any atom is -0.355 e. The van der Waals surface area contributed by atoms with Crippen molar-refractivity contribution in [3.8, 4) is 6.07 Å². The Morgan fingerprint density at radius 2 is 2.27 bits per heavy atom. The zero-order valence-corrected chi connectivity index (χ0v) is 5.81. The number of nitrogens with zero attached hydrogens (tertiary/aromatic N) is 1. The summed E-state index contributed by atoms with van der Waals surface area (Å²) in [5.74, 6) is -0.506. The lowest BCUT2D eigenvalue weighted by molar-refractivity contribution is -0.120. The Bertz CT molecular complexity index is 164. The Hall–Kier alpha value is -1.18. The normalized spacial score (nSPS) is 9.27. The number of nitrogens with one attached hydrogen (secondary N) is 1. The van der Waals surface area contributed by atoms with Crippen molar-refractivity contribution in [1.29, 1.82) is 5.26 Å². The molecule has 62 valence electrons. The average Bonchev–Trinajstić information content (AvgIpc) is 1.87. The predicted octanol–water partition coefficient (Wildman–Crippen LogP) is 0.671. The van der Waals surface area contributed by atoms with Crippen molar-refractivity contribution in [2.45, 2.75) is 19.3 Å². The first kappa shape index (κ1) is 9.82. The van der Waals surface area contributed by atoms with Gasteiger partial charge >= 0.3 is 0 Å². The van der Waals surface area contributed by atoms with Crippen LogP contribution in [0.4, 0.5) is 8.78 Å². The molecule has 0 aromatic heterocycles. The number of amides is 1. The van der Waals surface area contributed by atoms with Crippen LogP contribution in [0.2, 0.25) is 0 Å². The summed E-state index contributed by atoms with van der Waals surface area (Å²) in [6.45, 7) is -0.0713. The zero-order chi connectivity index (χ0) is 8.69. The fourth-order valence-corrected chi connectivity index (χ4v) is 0.455. The molecule has 0 saturated carbocycles. The summed E-state index contributed by atoms with van der Waals surface area (Å²) in [6, 6.07) is 1.61. The molecule has 0 spiro atoms. The van der Waals surface area contributed by atoms with Crippen molar-refractivity contribution in [1.82, 2.24) is 5.32 Å². The van der Waals surface area contributed by atoms with Gasteiger partial charge in [-0.05, 0) is 0 Å². The van der Waals surface area contributed by atoms with Gasteiger partial charge in [-0.15, -0.1) is 0 Å². The van der Waals surface area contributed by atoms with Crippen LogP contribution < -0.4 is 5.32 Å². The van der Waals surface area contributed by atoms with Gasteiger partial charge in [0.1, 0.15) is 6.42 Å². The first-order chi connectivity index (χ1) is 5.16. The number of carbonyl (C=O) groups is 1. The number of rotatable bonds is 4. The third-order valence-electron chi connectivity index (χ3n) is 0.924. The van der Waals surface area contributed by atoms with E-state index in [4.69, 9.17) is 5.26 Å². The Morgan fingerprint density at radius 1 is 1.64 bits per heavy atom. The van der Waals surface area contributed by atoms with Gasteiger partial charge in [0.05, 0.1) is 6.07 Å². The number of hydrogen-bond acceptors (Lipinski definition) is 2. The average molecular weight is 162 g/mol. The largest absolute Gasteiger partial charge is 0.355 e. The van der Waals surface area contributed by atoms with Crippen molar-refractivity contribution in [2.24, 2.45) is 0 Å². The lowest BCUT2D eigenvalue weighted by Crippen LogP contribution is -2.24. The molecule has 0 radical (unpaired) electrons. The molecule has 3 nitrogen and oxygen atoms in total. The van der Waals surface area contributed by atoms with Crippen LogP contribution in [0.15, 0.2) is 0 Å². The van der Waals surface area contributed by atoms with Gasteiger partial charge in [-0.1, -0.05) is 0 Å². The van der Waals surface area contributed by atoms with Crippen LogP contribution in [-0.4, -0.2) is 18.9 Å². The van der Waals surface area contributed by atoms with E-state index in [0.29, 0.717) is 0 Å². The molecule has 0 aromatic carbocycles. The Balaban J connectivity index is 3.26. The first-order valence-corrected chi connectivity index (χ1v) is 3.08. The summed E-state index contributed by atoms with van der Waals surface area (Å²) in [5, 5.41) is 10.2. The molecule has 0 aromatic rings. The third-order valence-corrected chi connectivity index (χ3v) is 0.924. The summed E-state index contributed by atoms with van der Waals surface area (Å²) < 4.78 is 22.9. The second kappa shape index (κ2) is 5.59. The second-order valence-electron chi connectivity index (χ2n) is 1.86. The minimum atomic E-state index is -2.41. The van der Waals surface area contributed by atoms with Gasteiger partial charge in [-0.2, -0.15) is 5.26 Å². The van der Waals surface area contributed by atoms with E-state index in [-0.39, 0.29) is 19.4 Å². The van der Waals surface area contributed by atoms with Gasteiger partial charge in [-0.25, -0.2) is 8.78 Å². The number of carbonyl (C=O) groups excluding carboxylic acids is 1. The van der Waals surface area contributed by atoms with E-state index in [9.17, 15) is 13.6 Å². The van der Waals surface area contributed by atoms with Gasteiger partial charge in [0.15, 0.2) is 0 Å². The topological polar surface area (TPSA) is 52.9 Å². The van der Waals surface area contributed by atoms with Gasteiger partial charge in [0, 0.05) is 13.0 Å². The lowest BCUT2D eigenvalue weighted by Gasteiger charge is -2.00. The molecule has 0 fully saturated rings. The van der Waals surface area contributed by atoms with E-state index in [1.54, 1.807) is 6.07 Å². The number of alkyl halides is 2. The number of nitriles is 1. The van der Waals surface area contributed by atoms with E-state index < -0.39 is 12.3 Å². The molecule has 0 bridgehead atoms. The van der Waals surface area contributed by atoms with Gasteiger partial charge in [0.2, 0.25) is 12.3 Å². The van der Waals surface area contributed by atoms with Crippen LogP contribution in [0.5, 0.6) is 0 Å². The van der Waals surface area contributed by atoms with Gasteiger partial charge in [-0.3, -0.25) is 4.79 Å². The molecule has 0 aliphatic heterocycles. The maximum atomic E-state index is 11.5. The highest BCUT2D eigenvalue weighted by molar-refractivity contribution is 5.77. The molecule has 1 N–H and O–H groups in total. The molecule has 0 unspecified atom stereocenters. The van der Waals surface area contributed by atoms with Crippen molar-refractivity contribution in [2.75, 3.05) is 6.54 Å². The maximum absolute atomic E-state index is 11.5. The van der Waals surface area contributed by atoms with Crippen LogP contribution >= 0.6 is 0 Å². The van der Waals surface area contributed by atoms with Gasteiger partial charge < -0.3 is 5.32 Å². The molecular weight excluding hydrogens is 154 g/mol. The van der Waals surface area contributed by atoms with Gasteiger partial charge in [0.25, 0.3) is 0 Å². The van der Waals surface area contributed by atoms with Crippen LogP contribution in [0.1, 0.15) is 12.8 Å². The Morgan fingerprint density at radius 3 is 2.73 bits per heavy atom. The van der Waals surface area contributed by atoms with E-state index in [1.807, 2.05) is 0 Å². The molecule has 11 heavy (non-hydrogen) atoms. The van der Waals surface area contributed by atoms with Crippen molar-refractivity contribution in [3.63, 3.8) is 0 Å². The number of halogens is 2. The fraction of sp³-hybridized carbons (Fsp3) is 0.667. The van der Waals surface area contributed by atoms with Crippen molar-refractivity contribution < 1.29 is 13.6 Å². The fourth-order valence-electron chi connectivity index (χ4n) is 0.455. The van der Waals surface area contributed by atoms with E-state index in [1.165, 1.54) is 0 Å². The molecule has 1 amide bonds. The summed E-state index contributed by atoms with van der Waals surface area (Å²) in [5.41, 5.74) is 0. The van der Waals surface area contributed by atoms with Crippen LogP contribution in [0, 0.1) is 11.3 Å². The summed E-state index contributed by atoms with van der Waals surface area (Å²) in [6.07, 6.45) is -3.04. The minimum absolute atomic E-state index is 0.0713. The third kappa shape index (κ3) is 6.71. The molecule has 0 heterocycles. The Labute approximate surface area is 63.0 Å². The highest BCUT2D eigenvalue weighted by Gasteiger charge is 2.03. The zero-order valence-electron chi connectivity index (χ0n) is 5.81. The smallest absolute Gasteiger partial charge is 0.240 e. The second-order valence-corrected chi connectivity index (χ2v) is 1.86. The SMILES string of the molecule is N#CCC(=O)NCCC(F)F. The first-order valence-electron chi connectivity index (χ1n) is 3.08. The summed E-state index contributed by atoms with van der Waals surface area (Å²) in [7, 11) is 0. The molecule has 5 heteroatoms. The van der Waals surface area contributed by atoms with E-state index in [2.05, 4.69) is 5.32 Å². The quantitative estimate of drug-likeness (QED) is 0.660. The summed E-state index contributed by atoms with van der Waals surface area (Å²) >= 11 is 0. The molecule has 0 saturated heterocycles. The Kier molecular flexibility index (Phi) is 4.99.